The number of hydrogen-bond acceptors (Lipinski definition) is 3. The molecule has 2 rings (SSSR count). The second-order valence-corrected chi connectivity index (χ2v) is 4.40. The maximum atomic E-state index is 11.7. The number of carbonyl (C=O) groups excluding carboxylic acids is 1. The van der Waals surface area contributed by atoms with Crippen molar-refractivity contribution in [3.63, 3.8) is 0 Å². The fourth-order valence-electron chi connectivity index (χ4n) is 2.25. The van der Waals surface area contributed by atoms with E-state index in [2.05, 4.69) is 13.0 Å². The standard InChI is InChI=1S/C14H18O3/c1-3-4-5-11-6-10(8-16-2)7-12-9-17-14(15)13(11)12/h6-7H,3-5,8-9H2,1-2H3. The van der Waals surface area contributed by atoms with E-state index in [-0.39, 0.29) is 5.97 Å². The molecule has 0 amide bonds. The highest BCUT2D eigenvalue weighted by Crippen LogP contribution is 2.27. The van der Waals surface area contributed by atoms with Crippen LogP contribution in [0.3, 0.4) is 0 Å². The van der Waals surface area contributed by atoms with E-state index >= 15 is 0 Å². The highest BCUT2D eigenvalue weighted by Gasteiger charge is 2.25. The van der Waals surface area contributed by atoms with Gasteiger partial charge in [0, 0.05) is 12.7 Å². The van der Waals surface area contributed by atoms with Crippen LogP contribution in [-0.4, -0.2) is 13.1 Å². The summed E-state index contributed by atoms with van der Waals surface area (Å²) in [5.74, 6) is -0.171. The molecule has 0 radical (unpaired) electrons. The Morgan fingerprint density at radius 2 is 2.24 bits per heavy atom. The van der Waals surface area contributed by atoms with Gasteiger partial charge in [-0.05, 0) is 30.0 Å². The minimum absolute atomic E-state index is 0.171. The number of esters is 1. The Morgan fingerprint density at radius 3 is 2.94 bits per heavy atom. The molecular formula is C14H18O3. The summed E-state index contributed by atoms with van der Waals surface area (Å²) in [5.41, 5.74) is 4.03. The van der Waals surface area contributed by atoms with Crippen molar-refractivity contribution >= 4 is 5.97 Å². The lowest BCUT2D eigenvalue weighted by Gasteiger charge is -2.08. The van der Waals surface area contributed by atoms with E-state index in [1.54, 1.807) is 7.11 Å². The molecule has 0 spiro atoms. The molecule has 0 aromatic heterocycles. The van der Waals surface area contributed by atoms with Crippen LogP contribution < -0.4 is 0 Å². The van der Waals surface area contributed by atoms with Gasteiger partial charge in [0.25, 0.3) is 0 Å². The molecule has 3 nitrogen and oxygen atoms in total. The highest BCUT2D eigenvalue weighted by atomic mass is 16.5. The average molecular weight is 234 g/mol. The Labute approximate surface area is 102 Å². The van der Waals surface area contributed by atoms with Crippen LogP contribution in [0.4, 0.5) is 0 Å². The summed E-state index contributed by atoms with van der Waals surface area (Å²) in [6.45, 7) is 3.14. The van der Waals surface area contributed by atoms with Crippen LogP contribution in [0.1, 0.15) is 46.8 Å². The largest absolute Gasteiger partial charge is 0.457 e. The molecule has 0 N–H and O–H groups in total. The number of aryl methyl sites for hydroxylation is 1. The average Bonchev–Trinajstić information content (AvgIpc) is 2.69. The Morgan fingerprint density at radius 1 is 1.41 bits per heavy atom. The van der Waals surface area contributed by atoms with Crippen molar-refractivity contribution in [1.82, 2.24) is 0 Å². The van der Waals surface area contributed by atoms with Gasteiger partial charge in [0.2, 0.25) is 0 Å². The summed E-state index contributed by atoms with van der Waals surface area (Å²) in [5, 5.41) is 0. The molecule has 0 saturated heterocycles. The molecule has 1 heterocycles. The van der Waals surface area contributed by atoms with Gasteiger partial charge in [0.1, 0.15) is 6.61 Å². The number of methoxy groups -OCH3 is 1. The molecule has 0 unspecified atom stereocenters. The van der Waals surface area contributed by atoms with Crippen LogP contribution in [0.2, 0.25) is 0 Å². The first-order chi connectivity index (χ1) is 8.26. The molecule has 3 heteroatoms. The third-order valence-electron chi connectivity index (χ3n) is 3.04. The lowest BCUT2D eigenvalue weighted by molar-refractivity contribution is 0.0534. The summed E-state index contributed by atoms with van der Waals surface area (Å²) in [6.07, 6.45) is 3.15. The zero-order chi connectivity index (χ0) is 12.3. The molecule has 1 aliphatic rings. The predicted octanol–water partition coefficient (Wildman–Crippen LogP) is 2.85. The molecule has 1 aromatic carbocycles. The third-order valence-corrected chi connectivity index (χ3v) is 3.04. The van der Waals surface area contributed by atoms with E-state index in [0.717, 1.165) is 41.5 Å². The van der Waals surface area contributed by atoms with E-state index in [0.29, 0.717) is 13.2 Å². The number of fused-ring (bicyclic) bond motifs is 1. The zero-order valence-corrected chi connectivity index (χ0v) is 10.4. The maximum absolute atomic E-state index is 11.7. The van der Waals surface area contributed by atoms with E-state index in [9.17, 15) is 4.79 Å². The fraction of sp³-hybridized carbons (Fsp3) is 0.500. The molecular weight excluding hydrogens is 216 g/mol. The fourth-order valence-corrected chi connectivity index (χ4v) is 2.25. The van der Waals surface area contributed by atoms with Crippen molar-refractivity contribution in [3.05, 3.63) is 34.4 Å². The Kier molecular flexibility index (Phi) is 3.79. The van der Waals surface area contributed by atoms with Gasteiger partial charge in [-0.25, -0.2) is 4.79 Å². The lowest BCUT2D eigenvalue weighted by atomic mass is 9.96. The van der Waals surface area contributed by atoms with Gasteiger partial charge in [-0.2, -0.15) is 0 Å². The molecule has 0 saturated carbocycles. The van der Waals surface area contributed by atoms with Crippen LogP contribution in [0.5, 0.6) is 0 Å². The van der Waals surface area contributed by atoms with Gasteiger partial charge < -0.3 is 9.47 Å². The number of benzene rings is 1. The van der Waals surface area contributed by atoms with Gasteiger partial charge in [0.15, 0.2) is 0 Å². The topological polar surface area (TPSA) is 35.5 Å². The van der Waals surface area contributed by atoms with Gasteiger partial charge in [0.05, 0.1) is 12.2 Å². The van der Waals surface area contributed by atoms with Crippen molar-refractivity contribution in [3.8, 4) is 0 Å². The smallest absolute Gasteiger partial charge is 0.339 e. The molecule has 1 aromatic rings. The first-order valence-electron chi connectivity index (χ1n) is 6.07. The molecule has 17 heavy (non-hydrogen) atoms. The maximum Gasteiger partial charge on any atom is 0.339 e. The number of ether oxygens (including phenoxy) is 2. The summed E-state index contributed by atoms with van der Waals surface area (Å²) >= 11 is 0. The van der Waals surface area contributed by atoms with Crippen LogP contribution in [0.15, 0.2) is 12.1 Å². The lowest BCUT2D eigenvalue weighted by Crippen LogP contribution is -2.02. The monoisotopic (exact) mass is 234 g/mol. The van der Waals surface area contributed by atoms with Crippen molar-refractivity contribution < 1.29 is 14.3 Å². The normalized spacial score (nSPS) is 13.6. The molecule has 0 atom stereocenters. The first kappa shape index (κ1) is 12.1. The number of hydrogen-bond donors (Lipinski definition) is 0. The van der Waals surface area contributed by atoms with Crippen LogP contribution in [0, 0.1) is 0 Å². The number of cyclic esters (lactones) is 1. The predicted molar refractivity (Wildman–Crippen MR) is 64.9 cm³/mol. The zero-order valence-electron chi connectivity index (χ0n) is 10.4. The molecule has 0 bridgehead atoms. The second kappa shape index (κ2) is 5.32. The number of rotatable bonds is 5. The second-order valence-electron chi connectivity index (χ2n) is 4.40. The van der Waals surface area contributed by atoms with Crippen molar-refractivity contribution in [2.24, 2.45) is 0 Å². The Hall–Kier alpha value is -1.35. The van der Waals surface area contributed by atoms with E-state index in [1.165, 1.54) is 0 Å². The van der Waals surface area contributed by atoms with Crippen LogP contribution in [-0.2, 0) is 29.1 Å². The molecule has 92 valence electrons. The van der Waals surface area contributed by atoms with E-state index in [4.69, 9.17) is 9.47 Å². The van der Waals surface area contributed by atoms with Crippen molar-refractivity contribution in [2.75, 3.05) is 7.11 Å². The van der Waals surface area contributed by atoms with E-state index in [1.807, 2.05) is 6.07 Å². The van der Waals surface area contributed by atoms with Gasteiger partial charge in [-0.15, -0.1) is 0 Å². The van der Waals surface area contributed by atoms with Gasteiger partial charge >= 0.3 is 5.97 Å². The summed E-state index contributed by atoms with van der Waals surface area (Å²) in [4.78, 5) is 11.7. The molecule has 1 aliphatic heterocycles. The van der Waals surface area contributed by atoms with Crippen LogP contribution >= 0.6 is 0 Å². The third kappa shape index (κ3) is 2.50. The van der Waals surface area contributed by atoms with Gasteiger partial charge in [-0.1, -0.05) is 19.4 Å². The quantitative estimate of drug-likeness (QED) is 0.735. The first-order valence-corrected chi connectivity index (χ1v) is 6.07. The van der Waals surface area contributed by atoms with Gasteiger partial charge in [-0.3, -0.25) is 0 Å². The van der Waals surface area contributed by atoms with Crippen molar-refractivity contribution in [2.45, 2.75) is 39.4 Å². The Balaban J connectivity index is 2.35. The minimum Gasteiger partial charge on any atom is -0.457 e. The van der Waals surface area contributed by atoms with Crippen LogP contribution in [0.25, 0.3) is 0 Å². The van der Waals surface area contributed by atoms with E-state index < -0.39 is 0 Å². The highest BCUT2D eigenvalue weighted by molar-refractivity contribution is 5.95. The molecule has 0 fully saturated rings. The summed E-state index contributed by atoms with van der Waals surface area (Å²) in [6, 6.07) is 4.09. The number of unbranched alkanes of at least 4 members (excludes halogenated alkanes) is 1. The Bertz CT molecular complexity index is 424. The molecule has 0 aliphatic carbocycles. The van der Waals surface area contributed by atoms with Crippen molar-refractivity contribution in [1.29, 1.82) is 0 Å². The minimum atomic E-state index is -0.171. The number of carbonyl (C=O) groups is 1. The SMILES string of the molecule is CCCCc1cc(COC)cc2c1C(=O)OC2. The summed E-state index contributed by atoms with van der Waals surface area (Å²) < 4.78 is 10.2. The summed E-state index contributed by atoms with van der Waals surface area (Å²) in [7, 11) is 1.68.